The number of amides is 2. The van der Waals surface area contributed by atoms with Crippen molar-refractivity contribution < 1.29 is 18.7 Å². The minimum absolute atomic E-state index is 0.0401. The van der Waals surface area contributed by atoms with Crippen LogP contribution in [0.3, 0.4) is 0 Å². The first-order valence-electron chi connectivity index (χ1n) is 7.90. The van der Waals surface area contributed by atoms with Gasteiger partial charge in [-0.25, -0.2) is 4.39 Å². The van der Waals surface area contributed by atoms with Gasteiger partial charge >= 0.3 is 0 Å². The van der Waals surface area contributed by atoms with Gasteiger partial charge < -0.3 is 15.0 Å². The van der Waals surface area contributed by atoms with Crippen LogP contribution in [0.5, 0.6) is 0 Å². The lowest BCUT2D eigenvalue weighted by molar-refractivity contribution is -0.143. The van der Waals surface area contributed by atoms with Crippen molar-refractivity contribution in [2.45, 2.75) is 25.8 Å². The molecule has 0 saturated carbocycles. The van der Waals surface area contributed by atoms with E-state index in [1.807, 2.05) is 6.92 Å². The van der Waals surface area contributed by atoms with Crippen molar-refractivity contribution in [2.75, 3.05) is 26.8 Å². The zero-order chi connectivity index (χ0) is 16.8. The molecular weight excluding hydrogens is 299 g/mol. The Morgan fingerprint density at radius 1 is 1.43 bits per heavy atom. The van der Waals surface area contributed by atoms with Crippen molar-refractivity contribution in [1.82, 2.24) is 10.2 Å². The molecular formula is C17H23FN2O3. The van der Waals surface area contributed by atoms with Gasteiger partial charge in [0.25, 0.3) is 0 Å². The van der Waals surface area contributed by atoms with Crippen LogP contribution in [0, 0.1) is 11.7 Å². The number of carbonyl (C=O) groups excluding carboxylic acids is 2. The standard InChI is InChI=1S/C17H23FN2O3/c1-3-20-15(21)9-8-13(17(22)19-10-11-23-2)16(20)12-6-4-5-7-14(12)18/h4-7,13,16H,3,8-11H2,1-2H3,(H,19,22)/t13-,16+/m1/s1. The van der Waals surface area contributed by atoms with Crippen LogP contribution in [-0.2, 0) is 14.3 Å². The summed E-state index contributed by atoms with van der Waals surface area (Å²) in [6.45, 7) is 3.10. The number of nitrogens with one attached hydrogen (secondary N) is 1. The van der Waals surface area contributed by atoms with Gasteiger partial charge in [0.1, 0.15) is 5.82 Å². The summed E-state index contributed by atoms with van der Waals surface area (Å²) in [6, 6.07) is 5.78. The maximum atomic E-state index is 14.3. The van der Waals surface area contributed by atoms with E-state index in [0.29, 0.717) is 38.1 Å². The van der Waals surface area contributed by atoms with Crippen LogP contribution < -0.4 is 5.32 Å². The number of ether oxygens (including phenoxy) is 1. The molecule has 1 aliphatic rings. The summed E-state index contributed by atoms with van der Waals surface area (Å²) in [5, 5.41) is 2.81. The first kappa shape index (κ1) is 17.4. The SMILES string of the molecule is CCN1C(=O)CC[C@@H](C(=O)NCCOC)[C@@H]1c1ccccc1F. The number of carbonyl (C=O) groups is 2. The first-order chi connectivity index (χ1) is 11.1. The molecule has 23 heavy (non-hydrogen) atoms. The van der Waals surface area contributed by atoms with Crippen LogP contribution in [-0.4, -0.2) is 43.5 Å². The smallest absolute Gasteiger partial charge is 0.225 e. The highest BCUT2D eigenvalue weighted by atomic mass is 19.1. The van der Waals surface area contributed by atoms with E-state index in [1.165, 1.54) is 6.07 Å². The summed E-state index contributed by atoms with van der Waals surface area (Å²) >= 11 is 0. The van der Waals surface area contributed by atoms with Gasteiger partial charge in [0.15, 0.2) is 0 Å². The average Bonchev–Trinajstić information content (AvgIpc) is 2.55. The predicted octanol–water partition coefficient (Wildman–Crippen LogP) is 1.89. The number of likely N-dealkylation sites (tertiary alicyclic amines) is 1. The zero-order valence-electron chi connectivity index (χ0n) is 13.5. The molecule has 1 aromatic carbocycles. The van der Waals surface area contributed by atoms with E-state index in [4.69, 9.17) is 4.74 Å². The van der Waals surface area contributed by atoms with Crippen molar-refractivity contribution in [1.29, 1.82) is 0 Å². The van der Waals surface area contributed by atoms with E-state index in [0.717, 1.165) is 0 Å². The highest BCUT2D eigenvalue weighted by Crippen LogP contribution is 2.37. The van der Waals surface area contributed by atoms with E-state index >= 15 is 0 Å². The van der Waals surface area contributed by atoms with E-state index < -0.39 is 12.0 Å². The van der Waals surface area contributed by atoms with Gasteiger partial charge in [0.05, 0.1) is 18.6 Å². The van der Waals surface area contributed by atoms with Gasteiger partial charge in [-0.2, -0.15) is 0 Å². The van der Waals surface area contributed by atoms with Crippen LogP contribution in [0.4, 0.5) is 4.39 Å². The molecule has 0 radical (unpaired) electrons. The molecule has 1 aromatic rings. The summed E-state index contributed by atoms with van der Waals surface area (Å²) < 4.78 is 19.2. The van der Waals surface area contributed by atoms with Crippen LogP contribution >= 0.6 is 0 Å². The minimum Gasteiger partial charge on any atom is -0.383 e. The molecule has 0 unspecified atom stereocenters. The molecule has 1 saturated heterocycles. The fourth-order valence-corrected chi connectivity index (χ4v) is 3.11. The molecule has 1 N–H and O–H groups in total. The maximum Gasteiger partial charge on any atom is 0.225 e. The Hall–Kier alpha value is -1.95. The Balaban J connectivity index is 2.29. The molecule has 2 atom stereocenters. The van der Waals surface area contributed by atoms with Gasteiger partial charge in [-0.3, -0.25) is 9.59 Å². The number of halogens is 1. The molecule has 0 aliphatic carbocycles. The highest BCUT2D eigenvalue weighted by Gasteiger charge is 2.40. The third kappa shape index (κ3) is 3.88. The fourth-order valence-electron chi connectivity index (χ4n) is 3.11. The van der Waals surface area contributed by atoms with Gasteiger partial charge in [0.2, 0.25) is 11.8 Å². The number of benzene rings is 1. The summed E-state index contributed by atoms with van der Waals surface area (Å²) in [7, 11) is 1.56. The summed E-state index contributed by atoms with van der Waals surface area (Å²) in [6.07, 6.45) is 0.730. The Kier molecular flexibility index (Phi) is 6.10. The zero-order valence-corrected chi connectivity index (χ0v) is 13.5. The lowest BCUT2D eigenvalue weighted by Crippen LogP contribution is -2.48. The van der Waals surface area contributed by atoms with E-state index in [2.05, 4.69) is 5.32 Å². The van der Waals surface area contributed by atoms with Gasteiger partial charge in [-0.15, -0.1) is 0 Å². The number of methoxy groups -OCH3 is 1. The lowest BCUT2D eigenvalue weighted by Gasteiger charge is -2.40. The number of piperidine rings is 1. The molecule has 1 fully saturated rings. The molecule has 5 nitrogen and oxygen atoms in total. The normalized spacial score (nSPS) is 21.3. The Morgan fingerprint density at radius 2 is 2.17 bits per heavy atom. The quantitative estimate of drug-likeness (QED) is 0.814. The number of nitrogens with zero attached hydrogens (tertiary/aromatic N) is 1. The van der Waals surface area contributed by atoms with Crippen molar-refractivity contribution in [3.63, 3.8) is 0 Å². The average molecular weight is 322 g/mol. The molecule has 0 bridgehead atoms. The second kappa shape index (κ2) is 8.06. The summed E-state index contributed by atoms with van der Waals surface area (Å²) in [5.41, 5.74) is 0.397. The molecule has 1 aliphatic heterocycles. The number of hydrogen-bond acceptors (Lipinski definition) is 3. The maximum absolute atomic E-state index is 14.3. The Labute approximate surface area is 135 Å². The van der Waals surface area contributed by atoms with Crippen molar-refractivity contribution in [3.05, 3.63) is 35.6 Å². The molecule has 2 amide bonds. The van der Waals surface area contributed by atoms with E-state index in [-0.39, 0.29) is 17.6 Å². The molecule has 6 heteroatoms. The van der Waals surface area contributed by atoms with Crippen LogP contribution in [0.25, 0.3) is 0 Å². The Bertz CT molecular complexity index is 565. The lowest BCUT2D eigenvalue weighted by atomic mass is 9.83. The van der Waals surface area contributed by atoms with Crippen LogP contribution in [0.15, 0.2) is 24.3 Å². The third-order valence-electron chi connectivity index (χ3n) is 4.21. The number of rotatable bonds is 6. The van der Waals surface area contributed by atoms with Gasteiger partial charge in [0, 0.05) is 32.2 Å². The van der Waals surface area contributed by atoms with E-state index in [9.17, 15) is 14.0 Å². The first-order valence-corrected chi connectivity index (χ1v) is 7.90. The van der Waals surface area contributed by atoms with E-state index in [1.54, 1.807) is 30.2 Å². The van der Waals surface area contributed by atoms with Crippen molar-refractivity contribution in [2.24, 2.45) is 5.92 Å². The molecule has 126 valence electrons. The molecule has 0 aromatic heterocycles. The second-order valence-electron chi connectivity index (χ2n) is 5.58. The monoisotopic (exact) mass is 322 g/mol. The molecule has 0 spiro atoms. The van der Waals surface area contributed by atoms with Gasteiger partial charge in [-0.05, 0) is 19.4 Å². The van der Waals surface area contributed by atoms with Crippen molar-refractivity contribution in [3.8, 4) is 0 Å². The predicted molar refractivity (Wildman–Crippen MR) is 84.1 cm³/mol. The van der Waals surface area contributed by atoms with Crippen LogP contribution in [0.2, 0.25) is 0 Å². The third-order valence-corrected chi connectivity index (χ3v) is 4.21. The summed E-state index contributed by atoms with van der Waals surface area (Å²) in [5.74, 6) is -1.05. The second-order valence-corrected chi connectivity index (χ2v) is 5.58. The Morgan fingerprint density at radius 3 is 2.83 bits per heavy atom. The van der Waals surface area contributed by atoms with Gasteiger partial charge in [-0.1, -0.05) is 18.2 Å². The number of hydrogen-bond donors (Lipinski definition) is 1. The van der Waals surface area contributed by atoms with Crippen molar-refractivity contribution >= 4 is 11.8 Å². The van der Waals surface area contributed by atoms with Crippen LogP contribution in [0.1, 0.15) is 31.4 Å². The fraction of sp³-hybridized carbons (Fsp3) is 0.529. The topological polar surface area (TPSA) is 58.6 Å². The largest absolute Gasteiger partial charge is 0.383 e. The molecule has 2 rings (SSSR count). The summed E-state index contributed by atoms with van der Waals surface area (Å²) in [4.78, 5) is 26.3. The highest BCUT2D eigenvalue weighted by molar-refractivity contribution is 5.85. The molecule has 1 heterocycles. The minimum atomic E-state index is -0.565.